The first-order chi connectivity index (χ1) is 12.2. The van der Waals surface area contributed by atoms with E-state index >= 15 is 0 Å². The third-order valence-corrected chi connectivity index (χ3v) is 4.70. The van der Waals surface area contributed by atoms with E-state index in [4.69, 9.17) is 0 Å². The number of aryl methyl sites for hydroxylation is 1. The highest BCUT2D eigenvalue weighted by atomic mass is 16.2. The van der Waals surface area contributed by atoms with Gasteiger partial charge in [0, 0.05) is 11.3 Å². The number of H-pyrrole nitrogens is 1. The Balaban J connectivity index is 1.47. The van der Waals surface area contributed by atoms with Crippen molar-refractivity contribution in [3.63, 3.8) is 0 Å². The number of benzene rings is 1. The van der Waals surface area contributed by atoms with Gasteiger partial charge in [0.1, 0.15) is 12.7 Å². The number of nitrogens with one attached hydrogen (secondary N) is 2. The number of fused-ring (bicyclic) bond motifs is 1. The van der Waals surface area contributed by atoms with Crippen molar-refractivity contribution in [1.82, 2.24) is 30.3 Å². The Bertz CT molecular complexity index is 866. The molecule has 1 aromatic carbocycles. The number of nitrogens with zero attached hydrogens (tertiary/aromatic N) is 4. The van der Waals surface area contributed by atoms with Gasteiger partial charge < -0.3 is 5.32 Å². The Morgan fingerprint density at radius 3 is 2.80 bits per heavy atom. The lowest BCUT2D eigenvalue weighted by Gasteiger charge is -2.15. The van der Waals surface area contributed by atoms with Crippen molar-refractivity contribution in [2.75, 3.05) is 0 Å². The molecular formula is C18H20N6O. The Hall–Kier alpha value is -2.96. The molecule has 0 saturated heterocycles. The highest BCUT2D eigenvalue weighted by Crippen LogP contribution is 2.23. The number of carbonyl (C=O) groups excluding carboxylic acids is 1. The van der Waals surface area contributed by atoms with Crippen molar-refractivity contribution in [1.29, 1.82) is 0 Å². The van der Waals surface area contributed by atoms with E-state index in [9.17, 15) is 4.79 Å². The molecular weight excluding hydrogens is 316 g/mol. The normalized spacial score (nSPS) is 14.8. The smallest absolute Gasteiger partial charge is 0.272 e. The number of aromatic amines is 1. The molecule has 2 N–H and O–H groups in total. The summed E-state index contributed by atoms with van der Waals surface area (Å²) in [6.45, 7) is 1.97. The zero-order chi connectivity index (χ0) is 17.2. The van der Waals surface area contributed by atoms with E-state index in [2.05, 4.69) is 25.6 Å². The molecule has 4 rings (SSSR count). The minimum absolute atomic E-state index is 0.103. The molecule has 0 bridgehead atoms. The van der Waals surface area contributed by atoms with Crippen LogP contribution in [-0.4, -0.2) is 30.9 Å². The third-order valence-electron chi connectivity index (χ3n) is 4.70. The average Bonchev–Trinajstić information content (AvgIpc) is 3.31. The first-order valence-corrected chi connectivity index (χ1v) is 8.54. The molecule has 0 aliphatic heterocycles. The summed E-state index contributed by atoms with van der Waals surface area (Å²) < 4.78 is 1.70. The fourth-order valence-corrected chi connectivity index (χ4v) is 3.27. The number of rotatable bonds is 4. The molecule has 25 heavy (non-hydrogen) atoms. The van der Waals surface area contributed by atoms with Crippen LogP contribution in [0.3, 0.4) is 0 Å². The molecule has 0 spiro atoms. The standard InChI is InChI=1S/C18H20N6O/c1-12(13-6-8-14(9-7-13)24-11-19-10-20-24)21-18(25)17-15-4-2-3-5-16(15)22-23-17/h6-12H,2-5H2,1H3,(H,21,25)(H,22,23)/t12-/m0/s1. The number of carbonyl (C=O) groups is 1. The van der Waals surface area contributed by atoms with Gasteiger partial charge in [-0.3, -0.25) is 9.89 Å². The van der Waals surface area contributed by atoms with Crippen molar-refractivity contribution in [2.45, 2.75) is 38.6 Å². The van der Waals surface area contributed by atoms with E-state index in [0.29, 0.717) is 5.69 Å². The second-order valence-corrected chi connectivity index (χ2v) is 6.36. The summed E-state index contributed by atoms with van der Waals surface area (Å²) in [5, 5.41) is 14.4. The second-order valence-electron chi connectivity index (χ2n) is 6.36. The maximum atomic E-state index is 12.6. The largest absolute Gasteiger partial charge is 0.344 e. The molecule has 1 aliphatic rings. The first kappa shape index (κ1) is 15.6. The molecule has 7 heteroatoms. The molecule has 2 heterocycles. The summed E-state index contributed by atoms with van der Waals surface area (Å²) in [6.07, 6.45) is 7.34. The average molecular weight is 336 g/mol. The molecule has 7 nitrogen and oxygen atoms in total. The maximum Gasteiger partial charge on any atom is 0.272 e. The van der Waals surface area contributed by atoms with E-state index < -0.39 is 0 Å². The molecule has 1 amide bonds. The van der Waals surface area contributed by atoms with Gasteiger partial charge in [-0.25, -0.2) is 9.67 Å². The molecule has 0 fully saturated rings. The lowest BCUT2D eigenvalue weighted by Crippen LogP contribution is -2.28. The van der Waals surface area contributed by atoms with Gasteiger partial charge in [-0.1, -0.05) is 12.1 Å². The topological polar surface area (TPSA) is 88.5 Å². The Labute approximate surface area is 145 Å². The van der Waals surface area contributed by atoms with E-state index in [1.54, 1.807) is 11.0 Å². The monoisotopic (exact) mass is 336 g/mol. The van der Waals surface area contributed by atoms with Crippen LogP contribution >= 0.6 is 0 Å². The minimum Gasteiger partial charge on any atom is -0.344 e. The lowest BCUT2D eigenvalue weighted by atomic mass is 9.95. The van der Waals surface area contributed by atoms with Crippen LogP contribution in [0.15, 0.2) is 36.9 Å². The summed E-state index contributed by atoms with van der Waals surface area (Å²) in [5.74, 6) is -0.118. The SMILES string of the molecule is C[C@H](NC(=O)c1n[nH]c2c1CCCC2)c1ccc(-n2cncn2)cc1. The van der Waals surface area contributed by atoms with Crippen LogP contribution in [0.4, 0.5) is 0 Å². The highest BCUT2D eigenvalue weighted by Gasteiger charge is 2.22. The molecule has 0 radical (unpaired) electrons. The van der Waals surface area contributed by atoms with Gasteiger partial charge in [-0.2, -0.15) is 10.2 Å². The van der Waals surface area contributed by atoms with Crippen molar-refractivity contribution in [2.24, 2.45) is 0 Å². The van der Waals surface area contributed by atoms with E-state index in [1.807, 2.05) is 31.2 Å². The van der Waals surface area contributed by atoms with Gasteiger partial charge in [0.25, 0.3) is 5.91 Å². The summed E-state index contributed by atoms with van der Waals surface area (Å²) >= 11 is 0. The summed E-state index contributed by atoms with van der Waals surface area (Å²) in [4.78, 5) is 16.5. The van der Waals surface area contributed by atoms with Crippen molar-refractivity contribution >= 4 is 5.91 Å². The summed E-state index contributed by atoms with van der Waals surface area (Å²) in [7, 11) is 0. The van der Waals surface area contributed by atoms with Gasteiger partial charge in [0.2, 0.25) is 0 Å². The van der Waals surface area contributed by atoms with Gasteiger partial charge in [-0.05, 0) is 50.3 Å². The second kappa shape index (κ2) is 6.51. The van der Waals surface area contributed by atoms with E-state index in [0.717, 1.165) is 48.2 Å². The summed E-state index contributed by atoms with van der Waals surface area (Å²) in [5.41, 5.74) is 4.70. The zero-order valence-electron chi connectivity index (χ0n) is 14.1. The zero-order valence-corrected chi connectivity index (χ0v) is 14.1. The number of hydrogen-bond donors (Lipinski definition) is 2. The van der Waals surface area contributed by atoms with Crippen LogP contribution in [0.5, 0.6) is 0 Å². The van der Waals surface area contributed by atoms with Crippen LogP contribution in [0.1, 0.15) is 53.1 Å². The lowest BCUT2D eigenvalue weighted by molar-refractivity contribution is 0.0933. The van der Waals surface area contributed by atoms with Crippen molar-refractivity contribution in [3.8, 4) is 5.69 Å². The first-order valence-electron chi connectivity index (χ1n) is 8.54. The fraction of sp³-hybridized carbons (Fsp3) is 0.333. The molecule has 1 aliphatic carbocycles. The molecule has 0 saturated carbocycles. The summed E-state index contributed by atoms with van der Waals surface area (Å²) in [6, 6.07) is 7.80. The van der Waals surface area contributed by atoms with Crippen LogP contribution in [0.2, 0.25) is 0 Å². The number of hydrogen-bond acceptors (Lipinski definition) is 4. The number of aromatic nitrogens is 5. The van der Waals surface area contributed by atoms with Gasteiger partial charge >= 0.3 is 0 Å². The quantitative estimate of drug-likeness (QED) is 0.765. The Kier molecular flexibility index (Phi) is 4.05. The van der Waals surface area contributed by atoms with Crippen LogP contribution < -0.4 is 5.32 Å². The van der Waals surface area contributed by atoms with Gasteiger partial charge in [-0.15, -0.1) is 0 Å². The van der Waals surface area contributed by atoms with Crippen molar-refractivity contribution in [3.05, 3.63) is 59.4 Å². The van der Waals surface area contributed by atoms with Crippen LogP contribution in [0.25, 0.3) is 5.69 Å². The predicted octanol–water partition coefficient (Wildman–Crippen LogP) is 2.36. The predicted molar refractivity (Wildman–Crippen MR) is 92.5 cm³/mol. The number of amides is 1. The Morgan fingerprint density at radius 1 is 1.24 bits per heavy atom. The molecule has 1 atom stereocenters. The van der Waals surface area contributed by atoms with Crippen molar-refractivity contribution < 1.29 is 4.79 Å². The maximum absolute atomic E-state index is 12.6. The third kappa shape index (κ3) is 3.05. The van der Waals surface area contributed by atoms with E-state index in [-0.39, 0.29) is 11.9 Å². The molecule has 3 aromatic rings. The molecule has 2 aromatic heterocycles. The minimum atomic E-state index is -0.118. The van der Waals surface area contributed by atoms with Gasteiger partial charge in [0.05, 0.1) is 11.7 Å². The van der Waals surface area contributed by atoms with Gasteiger partial charge in [0.15, 0.2) is 5.69 Å². The molecule has 128 valence electrons. The van der Waals surface area contributed by atoms with Crippen LogP contribution in [-0.2, 0) is 12.8 Å². The molecule has 0 unspecified atom stereocenters. The fourth-order valence-electron chi connectivity index (χ4n) is 3.27. The van der Waals surface area contributed by atoms with Crippen LogP contribution in [0, 0.1) is 0 Å². The van der Waals surface area contributed by atoms with E-state index in [1.165, 1.54) is 6.33 Å². The Morgan fingerprint density at radius 2 is 2.04 bits per heavy atom. The highest BCUT2D eigenvalue weighted by molar-refractivity contribution is 5.94.